The molecule has 0 spiro atoms. The molecule has 2 heterocycles. The Morgan fingerprint density at radius 2 is 2.13 bits per heavy atom. The highest BCUT2D eigenvalue weighted by Crippen LogP contribution is 2.07. The Bertz CT molecular complexity index is 721. The van der Waals surface area contributed by atoms with Crippen molar-refractivity contribution in [2.45, 2.75) is 19.5 Å². The maximum atomic E-state index is 11.9. The number of hydrogen-bond donors (Lipinski definition) is 2. The molecule has 0 fully saturated rings. The van der Waals surface area contributed by atoms with Crippen LogP contribution in [0.1, 0.15) is 16.9 Å². The number of aromatic nitrogens is 4. The molecule has 0 aromatic carbocycles. The molecule has 122 valence electrons. The van der Waals surface area contributed by atoms with E-state index in [1.165, 1.54) is 27.8 Å². The number of aliphatic carboxylic acids is 1. The first-order valence-corrected chi connectivity index (χ1v) is 6.66. The molecular weight excluding hydrogens is 308 g/mol. The van der Waals surface area contributed by atoms with Crippen LogP contribution in [0, 0.1) is 10.1 Å². The predicted octanol–water partition coefficient (Wildman–Crippen LogP) is -0.108. The molecular formula is C12H14N6O5. The van der Waals surface area contributed by atoms with Gasteiger partial charge in [-0.15, -0.1) is 0 Å². The molecule has 23 heavy (non-hydrogen) atoms. The minimum Gasteiger partial charge on any atom is -0.481 e. The second-order valence-corrected chi connectivity index (χ2v) is 4.58. The summed E-state index contributed by atoms with van der Waals surface area (Å²) >= 11 is 0. The van der Waals surface area contributed by atoms with Gasteiger partial charge in [0, 0.05) is 12.7 Å². The number of carbonyl (C=O) groups is 2. The van der Waals surface area contributed by atoms with Crippen LogP contribution in [0.25, 0.3) is 0 Å². The maximum Gasteiger partial charge on any atom is 0.306 e. The highest BCUT2D eigenvalue weighted by molar-refractivity contribution is 5.92. The van der Waals surface area contributed by atoms with Crippen LogP contribution < -0.4 is 5.32 Å². The van der Waals surface area contributed by atoms with Gasteiger partial charge in [-0.3, -0.25) is 29.1 Å². The van der Waals surface area contributed by atoms with Crippen molar-refractivity contribution in [3.63, 3.8) is 0 Å². The molecule has 0 bridgehead atoms. The van der Waals surface area contributed by atoms with Crippen LogP contribution in [0.2, 0.25) is 0 Å². The second-order valence-electron chi connectivity index (χ2n) is 4.58. The van der Waals surface area contributed by atoms with E-state index in [1.807, 2.05) is 0 Å². The van der Waals surface area contributed by atoms with Crippen molar-refractivity contribution < 1.29 is 19.6 Å². The quantitative estimate of drug-likeness (QED) is 0.509. The summed E-state index contributed by atoms with van der Waals surface area (Å²) in [6.45, 7) is 0.679. The molecule has 0 saturated heterocycles. The molecule has 0 aliphatic rings. The van der Waals surface area contributed by atoms with Crippen molar-refractivity contribution in [1.29, 1.82) is 0 Å². The fourth-order valence-corrected chi connectivity index (χ4v) is 1.76. The lowest BCUT2D eigenvalue weighted by Crippen LogP contribution is -2.27. The average Bonchev–Trinajstić information content (AvgIpc) is 3.14. The van der Waals surface area contributed by atoms with E-state index in [-0.39, 0.29) is 37.4 Å². The van der Waals surface area contributed by atoms with Gasteiger partial charge in [0.25, 0.3) is 5.91 Å². The first-order valence-electron chi connectivity index (χ1n) is 6.66. The summed E-state index contributed by atoms with van der Waals surface area (Å²) in [5, 5.41) is 29.5. The summed E-state index contributed by atoms with van der Waals surface area (Å²) in [6, 6.07) is 1.48. The number of nitrogens with one attached hydrogen (secondary N) is 1. The second kappa shape index (κ2) is 7.15. The zero-order valence-corrected chi connectivity index (χ0v) is 12.0. The van der Waals surface area contributed by atoms with E-state index in [9.17, 15) is 19.7 Å². The van der Waals surface area contributed by atoms with Gasteiger partial charge in [0.05, 0.1) is 24.4 Å². The number of amides is 1. The monoisotopic (exact) mass is 322 g/mol. The van der Waals surface area contributed by atoms with E-state index >= 15 is 0 Å². The Morgan fingerprint density at radius 1 is 1.35 bits per heavy atom. The zero-order valence-electron chi connectivity index (χ0n) is 12.0. The van der Waals surface area contributed by atoms with E-state index in [1.54, 1.807) is 0 Å². The SMILES string of the molecule is O=C(O)CCn1ccc(C(=O)NCCn2cc([N+](=O)[O-])cn2)n1. The van der Waals surface area contributed by atoms with Crippen molar-refractivity contribution in [2.24, 2.45) is 0 Å². The minimum atomic E-state index is -0.945. The molecule has 11 nitrogen and oxygen atoms in total. The van der Waals surface area contributed by atoms with E-state index in [0.717, 1.165) is 6.20 Å². The van der Waals surface area contributed by atoms with E-state index in [4.69, 9.17) is 5.11 Å². The van der Waals surface area contributed by atoms with E-state index in [0.29, 0.717) is 0 Å². The highest BCUT2D eigenvalue weighted by Gasteiger charge is 2.11. The Labute approximate surface area is 129 Å². The van der Waals surface area contributed by atoms with Crippen LogP contribution in [-0.4, -0.2) is 48.0 Å². The van der Waals surface area contributed by atoms with Gasteiger partial charge in [-0.1, -0.05) is 0 Å². The molecule has 11 heteroatoms. The van der Waals surface area contributed by atoms with Gasteiger partial charge >= 0.3 is 11.7 Å². The first kappa shape index (κ1) is 16.1. The van der Waals surface area contributed by atoms with Crippen LogP contribution in [0.5, 0.6) is 0 Å². The smallest absolute Gasteiger partial charge is 0.306 e. The summed E-state index contributed by atoms with van der Waals surface area (Å²) < 4.78 is 2.73. The van der Waals surface area contributed by atoms with Gasteiger partial charge in [0.15, 0.2) is 0 Å². The maximum absolute atomic E-state index is 11.9. The van der Waals surface area contributed by atoms with Gasteiger partial charge in [-0.2, -0.15) is 10.2 Å². The van der Waals surface area contributed by atoms with Gasteiger partial charge in [0.1, 0.15) is 18.1 Å². The van der Waals surface area contributed by atoms with Crippen LogP contribution in [0.4, 0.5) is 5.69 Å². The third kappa shape index (κ3) is 4.62. The largest absolute Gasteiger partial charge is 0.481 e. The van der Waals surface area contributed by atoms with Gasteiger partial charge in [-0.25, -0.2) is 0 Å². The Hall–Kier alpha value is -3.24. The van der Waals surface area contributed by atoms with Gasteiger partial charge in [0.2, 0.25) is 0 Å². The Balaban J connectivity index is 1.80. The molecule has 0 radical (unpaired) electrons. The van der Waals surface area contributed by atoms with Crippen LogP contribution in [0.3, 0.4) is 0 Å². The number of hydrogen-bond acceptors (Lipinski definition) is 6. The minimum absolute atomic E-state index is 0.0825. The lowest BCUT2D eigenvalue weighted by Gasteiger charge is -2.03. The van der Waals surface area contributed by atoms with E-state index in [2.05, 4.69) is 15.5 Å². The van der Waals surface area contributed by atoms with Crippen molar-refractivity contribution in [2.75, 3.05) is 6.54 Å². The summed E-state index contributed by atoms with van der Waals surface area (Å²) in [6.07, 6.45) is 3.84. The molecule has 0 saturated carbocycles. The molecule has 1 amide bonds. The molecule has 2 aromatic heterocycles. The Kier molecular flexibility index (Phi) is 5.02. The van der Waals surface area contributed by atoms with Crippen LogP contribution >= 0.6 is 0 Å². The summed E-state index contributed by atoms with van der Waals surface area (Å²) in [4.78, 5) is 32.3. The van der Waals surface area contributed by atoms with Crippen molar-refractivity contribution >= 4 is 17.6 Å². The third-order valence-electron chi connectivity index (χ3n) is 2.88. The number of aryl methyl sites for hydroxylation is 1. The Morgan fingerprint density at radius 3 is 2.78 bits per heavy atom. The van der Waals surface area contributed by atoms with Crippen molar-refractivity contribution in [1.82, 2.24) is 24.9 Å². The molecule has 2 aromatic rings. The summed E-state index contributed by atoms with van der Waals surface area (Å²) in [7, 11) is 0. The number of nitro groups is 1. The molecule has 0 aliphatic carbocycles. The number of rotatable bonds is 8. The standard InChI is InChI=1S/C12H14N6O5/c19-11(20)2-5-16-4-1-10(15-16)12(21)13-3-6-17-8-9(7-14-17)18(22)23/h1,4,7-8H,2-3,5-6H2,(H,13,21)(H,19,20). The van der Waals surface area contributed by atoms with Crippen molar-refractivity contribution in [3.8, 4) is 0 Å². The van der Waals surface area contributed by atoms with Crippen LogP contribution in [0.15, 0.2) is 24.7 Å². The highest BCUT2D eigenvalue weighted by atomic mass is 16.6. The topological polar surface area (TPSA) is 145 Å². The lowest BCUT2D eigenvalue weighted by atomic mass is 10.4. The molecule has 0 atom stereocenters. The summed E-state index contributed by atoms with van der Waals surface area (Å²) in [5.41, 5.74) is 0.0512. The number of carboxylic acid groups (broad SMARTS) is 1. The fourth-order valence-electron chi connectivity index (χ4n) is 1.76. The molecule has 2 N–H and O–H groups in total. The number of carbonyl (C=O) groups excluding carboxylic acids is 1. The predicted molar refractivity (Wildman–Crippen MR) is 75.7 cm³/mol. The molecule has 0 aliphatic heterocycles. The summed E-state index contributed by atoms with van der Waals surface area (Å²) in [5.74, 6) is -1.36. The van der Waals surface area contributed by atoms with E-state index < -0.39 is 16.8 Å². The zero-order chi connectivity index (χ0) is 16.8. The normalized spacial score (nSPS) is 10.4. The van der Waals surface area contributed by atoms with Crippen molar-refractivity contribution in [3.05, 3.63) is 40.5 Å². The fraction of sp³-hybridized carbons (Fsp3) is 0.333. The molecule has 2 rings (SSSR count). The third-order valence-corrected chi connectivity index (χ3v) is 2.88. The number of nitrogens with zero attached hydrogens (tertiary/aromatic N) is 5. The number of carboxylic acids is 1. The first-order chi connectivity index (χ1) is 11.0. The average molecular weight is 322 g/mol. The molecule has 0 unspecified atom stereocenters. The van der Waals surface area contributed by atoms with Crippen LogP contribution in [-0.2, 0) is 17.9 Å². The van der Waals surface area contributed by atoms with Gasteiger partial charge in [-0.05, 0) is 6.07 Å². The van der Waals surface area contributed by atoms with Gasteiger partial charge < -0.3 is 10.4 Å². The lowest BCUT2D eigenvalue weighted by molar-refractivity contribution is -0.385.